The number of hydrogen-bond acceptors (Lipinski definition) is 3. The van der Waals surface area contributed by atoms with Crippen molar-refractivity contribution in [2.24, 2.45) is 5.92 Å². The van der Waals surface area contributed by atoms with Gasteiger partial charge in [0, 0.05) is 23.7 Å². The summed E-state index contributed by atoms with van der Waals surface area (Å²) in [7, 11) is 0. The molecule has 0 spiro atoms. The lowest BCUT2D eigenvalue weighted by Crippen LogP contribution is -2.34. The standard InChI is InChI=1S/C16H24N2O2/c1-11-8-9-15(10-16(11)18(19)20)13(3)17-12(2)14-6-4-5-7-14/h8-10,12-14,17H,4-7H2,1-3H3. The van der Waals surface area contributed by atoms with Gasteiger partial charge in [-0.1, -0.05) is 25.0 Å². The molecule has 2 unspecified atom stereocenters. The molecule has 2 atom stereocenters. The van der Waals surface area contributed by atoms with Crippen LogP contribution in [0.15, 0.2) is 18.2 Å². The normalized spacial score (nSPS) is 18.9. The van der Waals surface area contributed by atoms with Crippen LogP contribution in [0, 0.1) is 23.0 Å². The van der Waals surface area contributed by atoms with E-state index in [1.807, 2.05) is 12.1 Å². The Labute approximate surface area is 120 Å². The molecule has 0 bridgehead atoms. The van der Waals surface area contributed by atoms with Crippen molar-refractivity contribution in [3.05, 3.63) is 39.4 Å². The van der Waals surface area contributed by atoms with Gasteiger partial charge in [-0.05, 0) is 45.1 Å². The van der Waals surface area contributed by atoms with E-state index in [1.54, 1.807) is 13.0 Å². The number of nitro benzene ring substituents is 1. The van der Waals surface area contributed by atoms with Crippen molar-refractivity contribution in [1.29, 1.82) is 0 Å². The van der Waals surface area contributed by atoms with Gasteiger partial charge >= 0.3 is 0 Å². The molecule has 1 aromatic carbocycles. The van der Waals surface area contributed by atoms with Crippen LogP contribution in [0.1, 0.15) is 56.7 Å². The third-order valence-electron chi connectivity index (χ3n) is 4.55. The highest BCUT2D eigenvalue weighted by Crippen LogP contribution is 2.29. The van der Waals surface area contributed by atoms with Crippen molar-refractivity contribution in [3.8, 4) is 0 Å². The maximum Gasteiger partial charge on any atom is 0.272 e. The summed E-state index contributed by atoms with van der Waals surface area (Å²) in [4.78, 5) is 10.7. The smallest absolute Gasteiger partial charge is 0.272 e. The van der Waals surface area contributed by atoms with Gasteiger partial charge in [-0.25, -0.2) is 0 Å². The maximum atomic E-state index is 11.0. The Morgan fingerprint density at radius 3 is 2.55 bits per heavy atom. The quantitative estimate of drug-likeness (QED) is 0.649. The molecule has 2 rings (SSSR count). The summed E-state index contributed by atoms with van der Waals surface area (Å²) >= 11 is 0. The van der Waals surface area contributed by atoms with Crippen molar-refractivity contribution in [3.63, 3.8) is 0 Å². The summed E-state index contributed by atoms with van der Waals surface area (Å²) in [6.45, 7) is 6.09. The number of rotatable bonds is 5. The van der Waals surface area contributed by atoms with E-state index in [4.69, 9.17) is 0 Å². The van der Waals surface area contributed by atoms with E-state index in [-0.39, 0.29) is 16.7 Å². The minimum Gasteiger partial charge on any atom is -0.307 e. The van der Waals surface area contributed by atoms with Crippen LogP contribution in [0.3, 0.4) is 0 Å². The van der Waals surface area contributed by atoms with Crippen molar-refractivity contribution in [2.45, 2.75) is 58.5 Å². The van der Waals surface area contributed by atoms with Crippen molar-refractivity contribution < 1.29 is 4.92 Å². The first-order chi connectivity index (χ1) is 9.49. The van der Waals surface area contributed by atoms with Gasteiger partial charge in [0.2, 0.25) is 0 Å². The second kappa shape index (κ2) is 6.35. The Bertz CT molecular complexity index is 481. The second-order valence-electron chi connectivity index (χ2n) is 6.02. The van der Waals surface area contributed by atoms with E-state index in [2.05, 4.69) is 19.2 Å². The lowest BCUT2D eigenvalue weighted by atomic mass is 9.97. The molecule has 0 heterocycles. The van der Waals surface area contributed by atoms with Crippen LogP contribution in [-0.2, 0) is 0 Å². The van der Waals surface area contributed by atoms with Crippen LogP contribution < -0.4 is 5.32 Å². The molecule has 0 aromatic heterocycles. The Balaban J connectivity index is 2.06. The first kappa shape index (κ1) is 15.0. The first-order valence-electron chi connectivity index (χ1n) is 7.50. The van der Waals surface area contributed by atoms with Crippen LogP contribution >= 0.6 is 0 Å². The number of aryl methyl sites for hydroxylation is 1. The molecule has 110 valence electrons. The molecule has 1 saturated carbocycles. The van der Waals surface area contributed by atoms with Crippen molar-refractivity contribution >= 4 is 5.69 Å². The van der Waals surface area contributed by atoms with Gasteiger partial charge < -0.3 is 5.32 Å². The average Bonchev–Trinajstić information content (AvgIpc) is 2.92. The molecular weight excluding hydrogens is 252 g/mol. The number of hydrogen-bond donors (Lipinski definition) is 1. The van der Waals surface area contributed by atoms with Gasteiger partial charge in [-0.3, -0.25) is 10.1 Å². The fourth-order valence-electron chi connectivity index (χ4n) is 3.18. The lowest BCUT2D eigenvalue weighted by Gasteiger charge is -2.25. The fraction of sp³-hybridized carbons (Fsp3) is 0.625. The van der Waals surface area contributed by atoms with E-state index in [0.29, 0.717) is 6.04 Å². The summed E-state index contributed by atoms with van der Waals surface area (Å²) in [6.07, 6.45) is 5.27. The zero-order valence-corrected chi connectivity index (χ0v) is 12.6. The molecule has 0 aliphatic heterocycles. The van der Waals surface area contributed by atoms with Crippen LogP contribution in [-0.4, -0.2) is 11.0 Å². The Morgan fingerprint density at radius 2 is 1.95 bits per heavy atom. The SMILES string of the molecule is Cc1ccc(C(C)NC(C)C2CCCC2)cc1[N+](=O)[O-]. The van der Waals surface area contributed by atoms with E-state index in [1.165, 1.54) is 25.7 Å². The largest absolute Gasteiger partial charge is 0.307 e. The third-order valence-corrected chi connectivity index (χ3v) is 4.55. The number of nitrogens with one attached hydrogen (secondary N) is 1. The molecule has 1 aliphatic carbocycles. The van der Waals surface area contributed by atoms with Crippen LogP contribution in [0.2, 0.25) is 0 Å². The van der Waals surface area contributed by atoms with Crippen molar-refractivity contribution in [1.82, 2.24) is 5.32 Å². The second-order valence-corrected chi connectivity index (χ2v) is 6.02. The topological polar surface area (TPSA) is 55.2 Å². The first-order valence-corrected chi connectivity index (χ1v) is 7.50. The molecule has 1 aromatic rings. The van der Waals surface area contributed by atoms with Gasteiger partial charge in [-0.15, -0.1) is 0 Å². The zero-order valence-electron chi connectivity index (χ0n) is 12.6. The highest BCUT2D eigenvalue weighted by Gasteiger charge is 2.23. The maximum absolute atomic E-state index is 11.0. The lowest BCUT2D eigenvalue weighted by molar-refractivity contribution is -0.385. The summed E-state index contributed by atoms with van der Waals surface area (Å²) in [5, 5.41) is 14.6. The Morgan fingerprint density at radius 1 is 1.30 bits per heavy atom. The Hall–Kier alpha value is -1.42. The minimum atomic E-state index is -0.300. The van der Waals surface area contributed by atoms with Gasteiger partial charge in [0.15, 0.2) is 0 Å². The van der Waals surface area contributed by atoms with E-state index in [0.717, 1.165) is 17.0 Å². The summed E-state index contributed by atoms with van der Waals surface area (Å²) < 4.78 is 0. The van der Waals surface area contributed by atoms with Crippen molar-refractivity contribution in [2.75, 3.05) is 0 Å². The monoisotopic (exact) mass is 276 g/mol. The summed E-state index contributed by atoms with van der Waals surface area (Å²) in [6, 6.07) is 6.14. The van der Waals surface area contributed by atoms with E-state index in [9.17, 15) is 10.1 Å². The molecule has 0 radical (unpaired) electrons. The van der Waals surface area contributed by atoms with E-state index >= 15 is 0 Å². The number of nitro groups is 1. The average molecular weight is 276 g/mol. The predicted octanol–water partition coefficient (Wildman–Crippen LogP) is 4.13. The molecular formula is C16H24N2O2. The third kappa shape index (κ3) is 3.37. The summed E-state index contributed by atoms with van der Waals surface area (Å²) in [5.41, 5.74) is 1.92. The number of benzene rings is 1. The molecule has 1 N–H and O–H groups in total. The van der Waals surface area contributed by atoms with Crippen LogP contribution in [0.4, 0.5) is 5.69 Å². The fourth-order valence-corrected chi connectivity index (χ4v) is 3.18. The highest BCUT2D eigenvalue weighted by molar-refractivity contribution is 5.43. The molecule has 1 aliphatic rings. The summed E-state index contributed by atoms with van der Waals surface area (Å²) in [5.74, 6) is 0.748. The molecule has 4 nitrogen and oxygen atoms in total. The van der Waals surface area contributed by atoms with Gasteiger partial charge in [0.25, 0.3) is 5.69 Å². The van der Waals surface area contributed by atoms with Gasteiger partial charge in [0.1, 0.15) is 0 Å². The van der Waals surface area contributed by atoms with E-state index < -0.39 is 0 Å². The van der Waals surface area contributed by atoms with Crippen LogP contribution in [0.25, 0.3) is 0 Å². The number of nitrogens with zero attached hydrogens (tertiary/aromatic N) is 1. The highest BCUT2D eigenvalue weighted by atomic mass is 16.6. The molecule has 0 amide bonds. The predicted molar refractivity (Wildman–Crippen MR) is 80.8 cm³/mol. The van der Waals surface area contributed by atoms with Gasteiger partial charge in [-0.2, -0.15) is 0 Å². The molecule has 20 heavy (non-hydrogen) atoms. The zero-order chi connectivity index (χ0) is 14.7. The molecule has 0 saturated heterocycles. The Kier molecular flexibility index (Phi) is 4.76. The minimum absolute atomic E-state index is 0.143. The van der Waals surface area contributed by atoms with Crippen LogP contribution in [0.5, 0.6) is 0 Å². The molecule has 4 heteroatoms. The van der Waals surface area contributed by atoms with Gasteiger partial charge in [0.05, 0.1) is 4.92 Å². The molecule has 1 fully saturated rings.